The van der Waals surface area contributed by atoms with Crippen LogP contribution in [0.1, 0.15) is 18.8 Å². The topological polar surface area (TPSA) is 105 Å². The van der Waals surface area contributed by atoms with Gasteiger partial charge in [0.2, 0.25) is 10.0 Å². The van der Waals surface area contributed by atoms with Crippen LogP contribution in [0.3, 0.4) is 0 Å². The van der Waals surface area contributed by atoms with Crippen molar-refractivity contribution in [2.45, 2.75) is 17.9 Å². The molecule has 0 aliphatic carbocycles. The maximum atomic E-state index is 13.2. The van der Waals surface area contributed by atoms with Crippen LogP contribution < -0.4 is 15.0 Å². The van der Waals surface area contributed by atoms with E-state index in [1.54, 1.807) is 18.2 Å². The van der Waals surface area contributed by atoms with E-state index in [1.807, 2.05) is 25.1 Å². The highest BCUT2D eigenvalue weighted by Gasteiger charge is 2.32. The number of fused-ring (bicyclic) bond motifs is 2. The minimum atomic E-state index is -3.65. The van der Waals surface area contributed by atoms with Crippen LogP contribution in [0.25, 0.3) is 10.9 Å². The fourth-order valence-electron chi connectivity index (χ4n) is 4.14. The lowest BCUT2D eigenvalue weighted by molar-refractivity contribution is 0.141. The Balaban J connectivity index is 1.31. The summed E-state index contributed by atoms with van der Waals surface area (Å²) in [5.74, 6) is 1.60. The highest BCUT2D eigenvalue weighted by atomic mass is 32.2. The summed E-state index contributed by atoms with van der Waals surface area (Å²) in [5, 5.41) is 0.554. The first-order valence-corrected chi connectivity index (χ1v) is 12.0. The molecule has 5 rings (SSSR count). The molecule has 168 valence electrons. The number of rotatable bonds is 4. The lowest BCUT2D eigenvalue weighted by Gasteiger charge is -2.37. The molecule has 0 bridgehead atoms. The summed E-state index contributed by atoms with van der Waals surface area (Å²) in [7, 11) is -3.65. The third-order valence-electron chi connectivity index (χ3n) is 6.00. The molecular formula is C22H24N4O5S. The van der Waals surface area contributed by atoms with Crippen molar-refractivity contribution in [1.82, 2.24) is 19.2 Å². The molecule has 0 saturated carbocycles. The van der Waals surface area contributed by atoms with Gasteiger partial charge < -0.3 is 14.5 Å². The number of para-hydroxylation sites is 1. The van der Waals surface area contributed by atoms with Crippen molar-refractivity contribution in [3.63, 3.8) is 0 Å². The van der Waals surface area contributed by atoms with E-state index in [-0.39, 0.29) is 16.5 Å². The van der Waals surface area contributed by atoms with Crippen molar-refractivity contribution in [1.29, 1.82) is 0 Å². The van der Waals surface area contributed by atoms with Gasteiger partial charge in [-0.15, -0.1) is 0 Å². The van der Waals surface area contributed by atoms with Crippen LogP contribution in [0.4, 0.5) is 0 Å². The first-order valence-electron chi connectivity index (χ1n) is 10.6. The van der Waals surface area contributed by atoms with Gasteiger partial charge in [-0.05, 0) is 31.2 Å². The number of benzene rings is 2. The number of aromatic amines is 1. The quantitative estimate of drug-likeness (QED) is 0.638. The van der Waals surface area contributed by atoms with E-state index in [4.69, 9.17) is 9.47 Å². The molecule has 1 atom stereocenters. The van der Waals surface area contributed by atoms with Crippen LogP contribution in [0.5, 0.6) is 11.5 Å². The number of nitrogens with one attached hydrogen (secondary N) is 1. The zero-order valence-corrected chi connectivity index (χ0v) is 18.5. The summed E-state index contributed by atoms with van der Waals surface area (Å²) < 4.78 is 38.8. The van der Waals surface area contributed by atoms with E-state index in [1.165, 1.54) is 10.4 Å². The molecule has 3 heterocycles. The summed E-state index contributed by atoms with van der Waals surface area (Å²) in [5.41, 5.74) is 0.482. The van der Waals surface area contributed by atoms with Crippen LogP contribution in [0.2, 0.25) is 0 Å². The van der Waals surface area contributed by atoms with Gasteiger partial charge in [0.05, 0.1) is 21.8 Å². The summed E-state index contributed by atoms with van der Waals surface area (Å²) in [6, 6.07) is 11.8. The Labute approximate surface area is 185 Å². The van der Waals surface area contributed by atoms with Crippen LogP contribution in [0.15, 0.2) is 52.2 Å². The van der Waals surface area contributed by atoms with Gasteiger partial charge in [-0.2, -0.15) is 4.31 Å². The number of ether oxygens (including phenoxy) is 2. The summed E-state index contributed by atoms with van der Waals surface area (Å²) in [6.07, 6.45) is 0. The Hall–Kier alpha value is -2.95. The predicted molar refractivity (Wildman–Crippen MR) is 119 cm³/mol. The standard InChI is InChI=1S/C22H24N4O5S/c1-15(21-23-18-5-3-2-4-17(18)22(27)24-21)25-8-10-26(11-9-25)32(28,29)16-6-7-19-20(14-16)31-13-12-30-19/h2-7,14-15H,8-13H2,1H3,(H,23,24,27). The molecule has 0 spiro atoms. The summed E-state index contributed by atoms with van der Waals surface area (Å²) >= 11 is 0. The third-order valence-corrected chi connectivity index (χ3v) is 7.89. The lowest BCUT2D eigenvalue weighted by Crippen LogP contribution is -2.49. The first-order chi connectivity index (χ1) is 15.4. The molecule has 1 fully saturated rings. The van der Waals surface area contributed by atoms with Crippen LogP contribution in [-0.4, -0.2) is 67.0 Å². The second kappa shape index (κ2) is 8.19. The van der Waals surface area contributed by atoms with E-state index in [0.717, 1.165) is 0 Å². The molecule has 9 nitrogen and oxygen atoms in total. The average Bonchev–Trinajstić information content (AvgIpc) is 2.83. The van der Waals surface area contributed by atoms with Crippen molar-refractivity contribution in [3.8, 4) is 11.5 Å². The lowest BCUT2D eigenvalue weighted by atomic mass is 10.2. The monoisotopic (exact) mass is 456 g/mol. The SMILES string of the molecule is CC(c1nc2ccccc2c(=O)[nH]1)N1CCN(S(=O)(=O)c2ccc3c(c2)OCCO3)CC1. The van der Waals surface area contributed by atoms with Gasteiger partial charge in [0.1, 0.15) is 19.0 Å². The molecular weight excluding hydrogens is 432 g/mol. The number of hydrogen-bond donors (Lipinski definition) is 1. The highest BCUT2D eigenvalue weighted by molar-refractivity contribution is 7.89. The number of H-pyrrole nitrogens is 1. The van der Waals surface area contributed by atoms with Crippen molar-refractivity contribution in [2.75, 3.05) is 39.4 Å². The summed E-state index contributed by atoms with van der Waals surface area (Å²) in [4.78, 5) is 22.2. The zero-order chi connectivity index (χ0) is 22.3. The smallest absolute Gasteiger partial charge is 0.258 e. The summed E-state index contributed by atoms with van der Waals surface area (Å²) in [6.45, 7) is 4.58. The number of hydrogen-bond acceptors (Lipinski definition) is 7. The molecule has 1 saturated heterocycles. The fourth-order valence-corrected chi connectivity index (χ4v) is 5.58. The molecule has 10 heteroatoms. The Kier molecular flexibility index (Phi) is 5.36. The van der Waals surface area contributed by atoms with Gasteiger partial charge in [0.25, 0.3) is 5.56 Å². The average molecular weight is 457 g/mol. The third kappa shape index (κ3) is 3.74. The van der Waals surface area contributed by atoms with Crippen molar-refractivity contribution in [2.24, 2.45) is 0 Å². The van der Waals surface area contributed by atoms with Crippen LogP contribution in [-0.2, 0) is 10.0 Å². The first kappa shape index (κ1) is 20.9. The molecule has 32 heavy (non-hydrogen) atoms. The second-order valence-electron chi connectivity index (χ2n) is 7.89. The largest absolute Gasteiger partial charge is 0.486 e. The van der Waals surface area contributed by atoms with Gasteiger partial charge in [0, 0.05) is 32.2 Å². The van der Waals surface area contributed by atoms with E-state index >= 15 is 0 Å². The molecule has 2 aromatic carbocycles. The molecule has 1 unspecified atom stereocenters. The van der Waals surface area contributed by atoms with E-state index < -0.39 is 10.0 Å². The highest BCUT2D eigenvalue weighted by Crippen LogP contribution is 2.33. The second-order valence-corrected chi connectivity index (χ2v) is 9.83. The Morgan fingerprint density at radius 3 is 2.50 bits per heavy atom. The van der Waals surface area contributed by atoms with Gasteiger partial charge in [-0.1, -0.05) is 12.1 Å². The maximum Gasteiger partial charge on any atom is 0.258 e. The number of sulfonamides is 1. The Morgan fingerprint density at radius 1 is 1.00 bits per heavy atom. The van der Waals surface area contributed by atoms with E-state index in [0.29, 0.717) is 67.6 Å². The van der Waals surface area contributed by atoms with Gasteiger partial charge >= 0.3 is 0 Å². The molecule has 0 radical (unpaired) electrons. The van der Waals surface area contributed by atoms with Crippen molar-refractivity contribution < 1.29 is 17.9 Å². The van der Waals surface area contributed by atoms with Crippen molar-refractivity contribution >= 4 is 20.9 Å². The van der Waals surface area contributed by atoms with Gasteiger partial charge in [-0.3, -0.25) is 9.69 Å². The normalized spacial score (nSPS) is 18.5. The van der Waals surface area contributed by atoms with E-state index in [9.17, 15) is 13.2 Å². The van der Waals surface area contributed by atoms with E-state index in [2.05, 4.69) is 14.9 Å². The van der Waals surface area contributed by atoms with Crippen LogP contribution in [0, 0.1) is 0 Å². The molecule has 1 aromatic heterocycles. The number of piperazine rings is 1. The van der Waals surface area contributed by atoms with Gasteiger partial charge in [0.15, 0.2) is 11.5 Å². The Bertz CT molecular complexity index is 1320. The maximum absolute atomic E-state index is 13.2. The fraction of sp³-hybridized carbons (Fsp3) is 0.364. The van der Waals surface area contributed by atoms with Gasteiger partial charge in [-0.25, -0.2) is 13.4 Å². The number of nitrogens with zero attached hydrogens (tertiary/aromatic N) is 3. The molecule has 1 N–H and O–H groups in total. The predicted octanol–water partition coefficient (Wildman–Crippen LogP) is 1.76. The minimum Gasteiger partial charge on any atom is -0.486 e. The number of aromatic nitrogens is 2. The molecule has 0 amide bonds. The Morgan fingerprint density at radius 2 is 1.72 bits per heavy atom. The molecule has 3 aromatic rings. The van der Waals surface area contributed by atoms with Crippen molar-refractivity contribution in [3.05, 3.63) is 58.6 Å². The molecule has 2 aliphatic rings. The zero-order valence-electron chi connectivity index (χ0n) is 17.7. The minimum absolute atomic E-state index is 0.147. The van der Waals surface area contributed by atoms with Crippen LogP contribution >= 0.6 is 0 Å². The molecule has 2 aliphatic heterocycles.